The zero-order chi connectivity index (χ0) is 19.3. The zero-order valence-corrected chi connectivity index (χ0v) is 17.2. The lowest BCUT2D eigenvalue weighted by molar-refractivity contribution is -0.118. The average molecular weight is 417 g/mol. The fourth-order valence-electron chi connectivity index (χ4n) is 2.80. The second-order valence-corrected chi connectivity index (χ2v) is 7.48. The number of anilines is 1. The van der Waals surface area contributed by atoms with Crippen LogP contribution in [0.3, 0.4) is 0 Å². The number of rotatable bonds is 6. The van der Waals surface area contributed by atoms with E-state index in [1.807, 2.05) is 45.0 Å². The molecule has 2 aromatic carbocycles. The summed E-state index contributed by atoms with van der Waals surface area (Å²) < 4.78 is 0.701. The van der Waals surface area contributed by atoms with Gasteiger partial charge in [0.1, 0.15) is 6.04 Å². The number of benzene rings is 2. The Morgan fingerprint density at radius 3 is 2.38 bits per heavy atom. The van der Waals surface area contributed by atoms with E-state index < -0.39 is 6.04 Å². The first-order chi connectivity index (χ1) is 12.3. The monoisotopic (exact) mass is 416 g/mol. The molecule has 0 heterocycles. The van der Waals surface area contributed by atoms with Gasteiger partial charge >= 0.3 is 0 Å². The number of amides is 2. The summed E-state index contributed by atoms with van der Waals surface area (Å²) in [6.07, 6.45) is 0.826. The summed E-state index contributed by atoms with van der Waals surface area (Å²) in [5.74, 6) is -0.522. The van der Waals surface area contributed by atoms with Gasteiger partial charge in [0, 0.05) is 10.2 Å². The number of nitrogens with one attached hydrogen (secondary N) is 2. The van der Waals surface area contributed by atoms with E-state index >= 15 is 0 Å². The summed E-state index contributed by atoms with van der Waals surface area (Å²) >= 11 is 3.38. The van der Waals surface area contributed by atoms with Gasteiger partial charge in [0.05, 0.1) is 5.56 Å². The van der Waals surface area contributed by atoms with Gasteiger partial charge in [-0.05, 0) is 58.5 Å². The molecule has 0 aromatic heterocycles. The van der Waals surface area contributed by atoms with Gasteiger partial charge in [0.15, 0.2) is 0 Å². The van der Waals surface area contributed by atoms with Gasteiger partial charge in [-0.15, -0.1) is 0 Å². The first kappa shape index (κ1) is 20.2. The Hall–Kier alpha value is -2.14. The quantitative estimate of drug-likeness (QED) is 0.715. The molecule has 2 N–H and O–H groups in total. The standard InChI is InChI=1S/C21H25BrN2O2/c1-5-15-10-8-9-14(4)19(15)24-21(26)18(13(2)3)23-20(25)16-11-6-7-12-17(16)22/h6-13,18H,5H2,1-4H3,(H,23,25)(H,24,26). The number of carbonyl (C=O) groups is 2. The van der Waals surface area contributed by atoms with Crippen molar-refractivity contribution in [2.45, 2.75) is 40.2 Å². The minimum Gasteiger partial charge on any atom is -0.340 e. The Bertz CT molecular complexity index is 802. The summed E-state index contributed by atoms with van der Waals surface area (Å²) in [4.78, 5) is 25.5. The molecule has 138 valence electrons. The Balaban J connectivity index is 2.21. The van der Waals surface area contributed by atoms with Crippen molar-refractivity contribution in [3.05, 3.63) is 63.6 Å². The number of halogens is 1. The van der Waals surface area contributed by atoms with E-state index in [4.69, 9.17) is 0 Å². The van der Waals surface area contributed by atoms with E-state index in [1.165, 1.54) is 0 Å². The molecule has 2 amide bonds. The van der Waals surface area contributed by atoms with Crippen molar-refractivity contribution >= 4 is 33.4 Å². The third kappa shape index (κ3) is 4.73. The Labute approximate surface area is 163 Å². The van der Waals surface area contributed by atoms with Crippen molar-refractivity contribution in [3.8, 4) is 0 Å². The van der Waals surface area contributed by atoms with E-state index in [9.17, 15) is 9.59 Å². The van der Waals surface area contributed by atoms with E-state index in [1.54, 1.807) is 18.2 Å². The van der Waals surface area contributed by atoms with Crippen molar-refractivity contribution in [2.75, 3.05) is 5.32 Å². The van der Waals surface area contributed by atoms with Gasteiger partial charge < -0.3 is 10.6 Å². The maximum atomic E-state index is 12.9. The van der Waals surface area contributed by atoms with Gasteiger partial charge in [0.2, 0.25) is 5.91 Å². The van der Waals surface area contributed by atoms with Crippen LogP contribution in [0.2, 0.25) is 0 Å². The minimum absolute atomic E-state index is 0.0458. The van der Waals surface area contributed by atoms with Crippen LogP contribution in [0.4, 0.5) is 5.69 Å². The summed E-state index contributed by atoms with van der Waals surface area (Å²) in [6, 6.07) is 12.5. The van der Waals surface area contributed by atoms with E-state index in [-0.39, 0.29) is 17.7 Å². The molecule has 0 saturated carbocycles. The number of hydrogen-bond acceptors (Lipinski definition) is 2. The van der Waals surface area contributed by atoms with Crippen LogP contribution in [0.1, 0.15) is 42.3 Å². The first-order valence-electron chi connectivity index (χ1n) is 8.79. The minimum atomic E-state index is -0.626. The van der Waals surface area contributed by atoms with Crippen LogP contribution in [-0.2, 0) is 11.2 Å². The molecule has 0 aliphatic carbocycles. The maximum Gasteiger partial charge on any atom is 0.253 e. The smallest absolute Gasteiger partial charge is 0.253 e. The molecular weight excluding hydrogens is 392 g/mol. The molecule has 0 spiro atoms. The number of aryl methyl sites for hydroxylation is 2. The molecule has 0 aliphatic rings. The summed E-state index contributed by atoms with van der Waals surface area (Å²) in [5, 5.41) is 5.89. The highest BCUT2D eigenvalue weighted by Crippen LogP contribution is 2.22. The SMILES string of the molecule is CCc1cccc(C)c1NC(=O)C(NC(=O)c1ccccc1Br)C(C)C. The molecule has 1 atom stereocenters. The molecular formula is C21H25BrN2O2. The Kier molecular flexibility index (Phi) is 6.98. The van der Waals surface area contributed by atoms with Crippen LogP contribution in [0.5, 0.6) is 0 Å². The Morgan fingerprint density at radius 1 is 1.08 bits per heavy atom. The third-order valence-electron chi connectivity index (χ3n) is 4.34. The molecule has 0 fully saturated rings. The molecule has 2 aromatic rings. The Morgan fingerprint density at radius 2 is 1.77 bits per heavy atom. The molecule has 1 unspecified atom stereocenters. The van der Waals surface area contributed by atoms with Crippen molar-refractivity contribution in [2.24, 2.45) is 5.92 Å². The predicted molar refractivity (Wildman–Crippen MR) is 109 cm³/mol. The fourth-order valence-corrected chi connectivity index (χ4v) is 3.27. The third-order valence-corrected chi connectivity index (χ3v) is 5.03. The first-order valence-corrected chi connectivity index (χ1v) is 9.59. The number of hydrogen-bond donors (Lipinski definition) is 2. The van der Waals surface area contributed by atoms with Crippen LogP contribution < -0.4 is 10.6 Å². The van der Waals surface area contributed by atoms with Crippen molar-refractivity contribution in [1.29, 1.82) is 0 Å². The van der Waals surface area contributed by atoms with Gasteiger partial charge in [-0.2, -0.15) is 0 Å². The van der Waals surface area contributed by atoms with Crippen molar-refractivity contribution < 1.29 is 9.59 Å². The van der Waals surface area contributed by atoms with Gasteiger partial charge in [-0.25, -0.2) is 0 Å². The summed E-state index contributed by atoms with van der Waals surface area (Å²) in [5.41, 5.74) is 3.44. The summed E-state index contributed by atoms with van der Waals surface area (Å²) in [7, 11) is 0. The van der Waals surface area contributed by atoms with E-state index in [0.717, 1.165) is 23.2 Å². The van der Waals surface area contributed by atoms with Crippen molar-refractivity contribution in [3.63, 3.8) is 0 Å². The topological polar surface area (TPSA) is 58.2 Å². The highest BCUT2D eigenvalue weighted by atomic mass is 79.9. The molecule has 4 nitrogen and oxygen atoms in total. The largest absolute Gasteiger partial charge is 0.340 e. The predicted octanol–water partition coefficient (Wildman–Crippen LogP) is 4.71. The molecule has 5 heteroatoms. The van der Waals surface area contributed by atoms with Crippen LogP contribution in [0, 0.1) is 12.8 Å². The van der Waals surface area contributed by atoms with Gasteiger partial charge in [-0.1, -0.05) is 51.1 Å². The van der Waals surface area contributed by atoms with Gasteiger partial charge in [-0.3, -0.25) is 9.59 Å². The molecule has 26 heavy (non-hydrogen) atoms. The number of para-hydroxylation sites is 1. The lowest BCUT2D eigenvalue weighted by Gasteiger charge is -2.23. The second-order valence-electron chi connectivity index (χ2n) is 6.63. The summed E-state index contributed by atoms with van der Waals surface area (Å²) in [6.45, 7) is 7.87. The fraction of sp³-hybridized carbons (Fsp3) is 0.333. The highest BCUT2D eigenvalue weighted by molar-refractivity contribution is 9.10. The van der Waals surface area contributed by atoms with Crippen LogP contribution >= 0.6 is 15.9 Å². The van der Waals surface area contributed by atoms with E-state index in [2.05, 4.69) is 33.5 Å². The molecule has 0 radical (unpaired) electrons. The molecule has 0 aliphatic heterocycles. The molecule has 0 bridgehead atoms. The van der Waals surface area contributed by atoms with Crippen LogP contribution in [0.15, 0.2) is 46.9 Å². The van der Waals surface area contributed by atoms with Crippen LogP contribution in [0.25, 0.3) is 0 Å². The average Bonchev–Trinajstić information content (AvgIpc) is 2.61. The second kappa shape index (κ2) is 8.99. The molecule has 2 rings (SSSR count). The van der Waals surface area contributed by atoms with Gasteiger partial charge in [0.25, 0.3) is 5.91 Å². The normalized spacial score (nSPS) is 11.9. The number of carbonyl (C=O) groups excluding carboxylic acids is 2. The lowest BCUT2D eigenvalue weighted by Crippen LogP contribution is -2.47. The highest BCUT2D eigenvalue weighted by Gasteiger charge is 2.26. The van der Waals surface area contributed by atoms with E-state index in [0.29, 0.717) is 10.0 Å². The van der Waals surface area contributed by atoms with Crippen molar-refractivity contribution in [1.82, 2.24) is 5.32 Å². The molecule has 0 saturated heterocycles. The lowest BCUT2D eigenvalue weighted by atomic mass is 10.0. The van der Waals surface area contributed by atoms with Crippen LogP contribution in [-0.4, -0.2) is 17.9 Å². The maximum absolute atomic E-state index is 12.9. The zero-order valence-electron chi connectivity index (χ0n) is 15.6.